The molecule has 0 aliphatic carbocycles. The quantitative estimate of drug-likeness (QED) is 0.353. The maximum absolute atomic E-state index is 6.16. The molecule has 4 rings (SSSR count). The Labute approximate surface area is 174 Å². The number of nitrogens with zero attached hydrogens (tertiary/aromatic N) is 1. The molecule has 29 heavy (non-hydrogen) atoms. The van der Waals surface area contributed by atoms with Gasteiger partial charge in [-0.15, -0.1) is 0 Å². The van der Waals surface area contributed by atoms with Crippen LogP contribution >= 0.6 is 0 Å². The lowest BCUT2D eigenvalue weighted by Crippen LogP contribution is -2.33. The molecule has 1 heterocycles. The first-order chi connectivity index (χ1) is 13.8. The van der Waals surface area contributed by atoms with Gasteiger partial charge in [-0.3, -0.25) is 0 Å². The minimum atomic E-state index is 0.147. The van der Waals surface area contributed by atoms with E-state index in [1.54, 1.807) is 0 Å². The number of furan rings is 1. The molecule has 0 saturated carbocycles. The van der Waals surface area contributed by atoms with Gasteiger partial charge in [-0.2, -0.15) is 0 Å². The summed E-state index contributed by atoms with van der Waals surface area (Å²) in [5.74, 6) is 0.505. The Morgan fingerprint density at radius 1 is 0.759 bits per heavy atom. The van der Waals surface area contributed by atoms with Crippen molar-refractivity contribution >= 4 is 33.3 Å². The molecular weight excluding hydrogens is 354 g/mol. The second-order valence-corrected chi connectivity index (χ2v) is 9.40. The number of para-hydroxylation sites is 1. The van der Waals surface area contributed by atoms with Crippen LogP contribution in [0.3, 0.4) is 0 Å². The minimum Gasteiger partial charge on any atom is -0.456 e. The van der Waals surface area contributed by atoms with Gasteiger partial charge in [-0.05, 0) is 54.2 Å². The lowest BCUT2D eigenvalue weighted by molar-refractivity contribution is 0.519. The van der Waals surface area contributed by atoms with Gasteiger partial charge >= 0.3 is 0 Å². The molecule has 1 atom stereocenters. The van der Waals surface area contributed by atoms with Crippen LogP contribution in [0, 0.1) is 5.92 Å². The molecule has 2 nitrogen and oxygen atoms in total. The smallest absolute Gasteiger partial charge is 0.137 e. The normalized spacial score (nSPS) is 13.3. The van der Waals surface area contributed by atoms with Crippen molar-refractivity contribution in [2.75, 3.05) is 4.90 Å². The van der Waals surface area contributed by atoms with Gasteiger partial charge in [0.1, 0.15) is 11.2 Å². The van der Waals surface area contributed by atoms with Crippen molar-refractivity contribution in [3.63, 3.8) is 0 Å². The van der Waals surface area contributed by atoms with Crippen LogP contribution < -0.4 is 4.90 Å². The highest BCUT2D eigenvalue weighted by Gasteiger charge is 2.24. The second kappa shape index (κ2) is 7.26. The third-order valence-electron chi connectivity index (χ3n) is 6.02. The van der Waals surface area contributed by atoms with E-state index >= 15 is 0 Å². The first-order valence-electron chi connectivity index (χ1n) is 10.6. The number of rotatable bonds is 4. The number of hydrogen-bond acceptors (Lipinski definition) is 2. The standard InChI is InChI=1S/C27H31NO/c1-18(2)19(3)28(21-16-14-20(15-17-21)27(4,5)6)23-11-9-13-25-26(23)22-10-7-8-12-24(22)29-25/h7-19H,1-6H3. The van der Waals surface area contributed by atoms with E-state index in [2.05, 4.69) is 101 Å². The predicted molar refractivity (Wildman–Crippen MR) is 125 cm³/mol. The molecule has 0 spiro atoms. The summed E-state index contributed by atoms with van der Waals surface area (Å²) < 4.78 is 6.16. The molecule has 0 N–H and O–H groups in total. The van der Waals surface area contributed by atoms with Gasteiger partial charge in [-0.1, -0.05) is 71.0 Å². The maximum Gasteiger partial charge on any atom is 0.137 e. The molecule has 0 bridgehead atoms. The summed E-state index contributed by atoms with van der Waals surface area (Å²) in [7, 11) is 0. The molecule has 2 heteroatoms. The summed E-state index contributed by atoms with van der Waals surface area (Å²) in [6.07, 6.45) is 0. The molecule has 0 fully saturated rings. The number of hydrogen-bond donors (Lipinski definition) is 0. The van der Waals surface area contributed by atoms with E-state index in [9.17, 15) is 0 Å². The average Bonchev–Trinajstić information content (AvgIpc) is 3.07. The highest BCUT2D eigenvalue weighted by Crippen LogP contribution is 2.41. The molecular formula is C27H31NO. The molecule has 0 aliphatic heterocycles. The molecule has 0 amide bonds. The van der Waals surface area contributed by atoms with E-state index < -0.39 is 0 Å². The van der Waals surface area contributed by atoms with Crippen LogP contribution in [-0.4, -0.2) is 6.04 Å². The molecule has 0 radical (unpaired) electrons. The SMILES string of the molecule is CC(C)C(C)N(c1ccc(C(C)(C)C)cc1)c1cccc2oc3ccccc3c12. The largest absolute Gasteiger partial charge is 0.456 e. The van der Waals surface area contributed by atoms with Crippen LogP contribution in [0.2, 0.25) is 0 Å². The molecule has 0 aliphatic rings. The highest BCUT2D eigenvalue weighted by molar-refractivity contribution is 6.12. The van der Waals surface area contributed by atoms with Crippen LogP contribution in [-0.2, 0) is 5.41 Å². The Morgan fingerprint density at radius 3 is 2.07 bits per heavy atom. The zero-order valence-electron chi connectivity index (χ0n) is 18.4. The van der Waals surface area contributed by atoms with Crippen LogP contribution in [0.4, 0.5) is 11.4 Å². The summed E-state index contributed by atoms with van der Waals surface area (Å²) in [6, 6.07) is 24.1. The van der Waals surface area contributed by atoms with Crippen LogP contribution in [0.25, 0.3) is 21.9 Å². The maximum atomic E-state index is 6.16. The van der Waals surface area contributed by atoms with Crippen LogP contribution in [0.5, 0.6) is 0 Å². The zero-order valence-corrected chi connectivity index (χ0v) is 18.4. The fourth-order valence-corrected chi connectivity index (χ4v) is 3.97. The highest BCUT2D eigenvalue weighted by atomic mass is 16.3. The Balaban J connectivity index is 1.93. The average molecular weight is 386 g/mol. The van der Waals surface area contributed by atoms with Crippen molar-refractivity contribution in [2.45, 2.75) is 53.0 Å². The lowest BCUT2D eigenvalue weighted by atomic mass is 9.87. The van der Waals surface area contributed by atoms with Crippen LogP contribution in [0.1, 0.15) is 47.1 Å². The van der Waals surface area contributed by atoms with Crippen molar-refractivity contribution in [1.82, 2.24) is 0 Å². The van der Waals surface area contributed by atoms with E-state index in [1.807, 2.05) is 12.1 Å². The minimum absolute atomic E-state index is 0.147. The van der Waals surface area contributed by atoms with Crippen LogP contribution in [0.15, 0.2) is 71.1 Å². The fourth-order valence-electron chi connectivity index (χ4n) is 3.97. The molecule has 1 unspecified atom stereocenters. The van der Waals surface area contributed by atoms with E-state index in [0.717, 1.165) is 11.2 Å². The van der Waals surface area contributed by atoms with Crippen molar-refractivity contribution < 1.29 is 4.42 Å². The molecule has 4 aromatic rings. The first-order valence-corrected chi connectivity index (χ1v) is 10.6. The Hall–Kier alpha value is -2.74. The lowest BCUT2D eigenvalue weighted by Gasteiger charge is -2.35. The van der Waals surface area contributed by atoms with Crippen molar-refractivity contribution in [3.8, 4) is 0 Å². The topological polar surface area (TPSA) is 16.4 Å². The van der Waals surface area contributed by atoms with Gasteiger partial charge < -0.3 is 9.32 Å². The monoisotopic (exact) mass is 385 g/mol. The number of anilines is 2. The van der Waals surface area contributed by atoms with Crippen molar-refractivity contribution in [1.29, 1.82) is 0 Å². The van der Waals surface area contributed by atoms with E-state index in [4.69, 9.17) is 4.42 Å². The summed E-state index contributed by atoms with van der Waals surface area (Å²) in [5.41, 5.74) is 5.80. The third kappa shape index (κ3) is 3.53. The fraction of sp³-hybridized carbons (Fsp3) is 0.333. The predicted octanol–water partition coefficient (Wildman–Crippen LogP) is 8.07. The summed E-state index contributed by atoms with van der Waals surface area (Å²) in [5, 5.41) is 2.36. The van der Waals surface area contributed by atoms with Gasteiger partial charge in [0.2, 0.25) is 0 Å². The first kappa shape index (κ1) is 19.6. The molecule has 3 aromatic carbocycles. The number of fused-ring (bicyclic) bond motifs is 3. The Bertz CT molecular complexity index is 1130. The van der Waals surface area contributed by atoms with Gasteiger partial charge in [0.15, 0.2) is 0 Å². The van der Waals surface area contributed by atoms with E-state index in [-0.39, 0.29) is 5.41 Å². The number of benzene rings is 3. The summed E-state index contributed by atoms with van der Waals surface area (Å²) >= 11 is 0. The summed E-state index contributed by atoms with van der Waals surface area (Å²) in [4.78, 5) is 2.47. The third-order valence-corrected chi connectivity index (χ3v) is 6.02. The van der Waals surface area contributed by atoms with E-state index in [1.165, 1.54) is 27.7 Å². The second-order valence-electron chi connectivity index (χ2n) is 9.40. The molecule has 0 saturated heterocycles. The Morgan fingerprint density at radius 2 is 1.41 bits per heavy atom. The molecule has 150 valence electrons. The van der Waals surface area contributed by atoms with Gasteiger partial charge in [0.25, 0.3) is 0 Å². The Kier molecular flexibility index (Phi) is 4.90. The van der Waals surface area contributed by atoms with Crippen molar-refractivity contribution in [2.24, 2.45) is 5.92 Å². The zero-order chi connectivity index (χ0) is 20.8. The van der Waals surface area contributed by atoms with Gasteiger partial charge in [0.05, 0.1) is 11.1 Å². The van der Waals surface area contributed by atoms with Gasteiger partial charge in [-0.25, -0.2) is 0 Å². The summed E-state index contributed by atoms with van der Waals surface area (Å²) in [6.45, 7) is 13.7. The van der Waals surface area contributed by atoms with Crippen molar-refractivity contribution in [3.05, 3.63) is 72.3 Å². The van der Waals surface area contributed by atoms with E-state index in [0.29, 0.717) is 12.0 Å². The molecule has 1 aromatic heterocycles. The van der Waals surface area contributed by atoms with Gasteiger partial charge in [0, 0.05) is 17.1 Å².